The number of nitrogens with one attached hydrogen (secondary N) is 1. The lowest BCUT2D eigenvalue weighted by molar-refractivity contribution is 0.415. The van der Waals surface area contributed by atoms with Crippen molar-refractivity contribution in [3.63, 3.8) is 0 Å². The maximum Gasteiger partial charge on any atom is 0.293 e. The van der Waals surface area contributed by atoms with Crippen molar-refractivity contribution < 1.29 is 9.13 Å². The van der Waals surface area contributed by atoms with Crippen molar-refractivity contribution in [1.29, 1.82) is 0 Å². The Labute approximate surface area is 143 Å². The number of hydrogen-bond donors (Lipinski definition) is 1. The van der Waals surface area contributed by atoms with Crippen LogP contribution < -0.4 is 15.6 Å². The lowest BCUT2D eigenvalue weighted by atomic mass is 10.2. The van der Waals surface area contributed by atoms with E-state index >= 15 is 0 Å². The average molecular weight is 341 g/mol. The molecule has 0 spiro atoms. The molecule has 0 saturated heterocycles. The summed E-state index contributed by atoms with van der Waals surface area (Å²) < 4.78 is 20.0. The van der Waals surface area contributed by atoms with Crippen LogP contribution in [0.25, 0.3) is 0 Å². The summed E-state index contributed by atoms with van der Waals surface area (Å²) in [6.45, 7) is 2.13. The summed E-state index contributed by atoms with van der Waals surface area (Å²) in [6.07, 6.45) is 3.76. The molecule has 0 aliphatic rings. The van der Waals surface area contributed by atoms with Gasteiger partial charge in [0.25, 0.3) is 5.56 Å². The van der Waals surface area contributed by atoms with Crippen LogP contribution in [0.3, 0.4) is 0 Å². The molecule has 0 saturated carbocycles. The highest BCUT2D eigenvalue weighted by molar-refractivity contribution is 5.60. The van der Waals surface area contributed by atoms with Crippen molar-refractivity contribution in [1.82, 2.24) is 19.7 Å². The molecule has 0 aliphatic carbocycles. The third-order valence-electron chi connectivity index (χ3n) is 3.55. The molecule has 0 atom stereocenters. The van der Waals surface area contributed by atoms with Gasteiger partial charge in [-0.2, -0.15) is 10.1 Å². The first-order valence-corrected chi connectivity index (χ1v) is 7.50. The molecule has 25 heavy (non-hydrogen) atoms. The van der Waals surface area contributed by atoms with Crippen LogP contribution in [-0.4, -0.2) is 26.9 Å². The second kappa shape index (κ2) is 7.08. The monoisotopic (exact) mass is 341 g/mol. The zero-order valence-electron chi connectivity index (χ0n) is 13.7. The van der Waals surface area contributed by atoms with Gasteiger partial charge < -0.3 is 10.1 Å². The molecular weight excluding hydrogens is 325 g/mol. The minimum absolute atomic E-state index is 0.212. The predicted molar refractivity (Wildman–Crippen MR) is 90.6 cm³/mol. The molecule has 1 aromatic carbocycles. The van der Waals surface area contributed by atoms with Gasteiger partial charge in [-0.05, 0) is 30.2 Å². The van der Waals surface area contributed by atoms with Crippen LogP contribution in [0.2, 0.25) is 0 Å². The largest absolute Gasteiger partial charge is 0.497 e. The Hall–Kier alpha value is -3.29. The van der Waals surface area contributed by atoms with Crippen LogP contribution in [0.15, 0.2) is 47.7 Å². The van der Waals surface area contributed by atoms with E-state index in [0.717, 1.165) is 23.6 Å². The third-order valence-corrected chi connectivity index (χ3v) is 3.55. The molecule has 2 heterocycles. The second-order valence-electron chi connectivity index (χ2n) is 5.39. The molecule has 3 rings (SSSR count). The molecular formula is C17H16FN5O2. The first-order chi connectivity index (χ1) is 12.0. The molecule has 0 radical (unpaired) electrons. The molecule has 0 bridgehead atoms. The van der Waals surface area contributed by atoms with Gasteiger partial charge in [0.05, 0.1) is 19.9 Å². The van der Waals surface area contributed by atoms with E-state index in [0.29, 0.717) is 11.3 Å². The number of methoxy groups -OCH3 is 1. The predicted octanol–water partition coefficient (Wildman–Crippen LogP) is 2.28. The van der Waals surface area contributed by atoms with E-state index in [2.05, 4.69) is 20.4 Å². The fraction of sp³-hybridized carbons (Fsp3) is 0.176. The normalized spacial score (nSPS) is 10.5. The van der Waals surface area contributed by atoms with Crippen LogP contribution in [0.5, 0.6) is 5.75 Å². The van der Waals surface area contributed by atoms with Crippen LogP contribution in [0.1, 0.15) is 11.1 Å². The van der Waals surface area contributed by atoms with Gasteiger partial charge in [0.15, 0.2) is 0 Å². The Morgan fingerprint density at radius 3 is 2.84 bits per heavy atom. The molecule has 128 valence electrons. The molecule has 8 heteroatoms. The van der Waals surface area contributed by atoms with E-state index in [9.17, 15) is 9.18 Å². The molecule has 1 N–H and O–H groups in total. The van der Waals surface area contributed by atoms with Gasteiger partial charge in [0, 0.05) is 18.0 Å². The maximum absolute atomic E-state index is 13.3. The molecule has 0 fully saturated rings. The number of anilines is 2. The standard InChI is InChI=1S/C17H16FN5O2/c1-11-3-4-14(25-2)6-15(11)21-17-22-16(24)9-20-23(17)10-12-5-13(18)8-19-7-12/h3-9H,10H2,1-2H3,(H,21,22,24). The molecule has 0 amide bonds. The third kappa shape index (κ3) is 3.97. The number of pyridine rings is 1. The highest BCUT2D eigenvalue weighted by Crippen LogP contribution is 2.24. The Morgan fingerprint density at radius 2 is 2.08 bits per heavy atom. The number of aromatic nitrogens is 4. The second-order valence-corrected chi connectivity index (χ2v) is 5.39. The number of benzene rings is 1. The zero-order chi connectivity index (χ0) is 17.8. The molecule has 0 aliphatic heterocycles. The van der Waals surface area contributed by atoms with Crippen molar-refractivity contribution in [3.8, 4) is 5.75 Å². The van der Waals surface area contributed by atoms with Gasteiger partial charge in [0.2, 0.25) is 5.95 Å². The SMILES string of the molecule is COc1ccc(C)c(Nc2nc(=O)cnn2Cc2cncc(F)c2)c1. The quantitative estimate of drug-likeness (QED) is 0.767. The summed E-state index contributed by atoms with van der Waals surface area (Å²) in [4.78, 5) is 19.4. The molecule has 7 nitrogen and oxygen atoms in total. The van der Waals surface area contributed by atoms with Crippen molar-refractivity contribution in [2.75, 3.05) is 12.4 Å². The molecule has 3 aromatic rings. The topological polar surface area (TPSA) is 81.9 Å². The van der Waals surface area contributed by atoms with Crippen LogP contribution in [0, 0.1) is 12.7 Å². The zero-order valence-corrected chi connectivity index (χ0v) is 13.7. The van der Waals surface area contributed by atoms with Crippen molar-refractivity contribution in [2.45, 2.75) is 13.5 Å². The van der Waals surface area contributed by atoms with Crippen molar-refractivity contribution in [3.05, 3.63) is 70.2 Å². The average Bonchev–Trinajstić information content (AvgIpc) is 2.59. The Bertz CT molecular complexity index is 958. The summed E-state index contributed by atoms with van der Waals surface area (Å²) in [7, 11) is 1.57. The van der Waals surface area contributed by atoms with Crippen molar-refractivity contribution in [2.24, 2.45) is 0 Å². The number of aryl methyl sites for hydroxylation is 1. The summed E-state index contributed by atoms with van der Waals surface area (Å²) in [5.41, 5.74) is 1.79. The maximum atomic E-state index is 13.3. The number of nitrogens with zero attached hydrogens (tertiary/aromatic N) is 4. The highest BCUT2D eigenvalue weighted by atomic mass is 19.1. The van der Waals surface area contributed by atoms with E-state index in [1.165, 1.54) is 16.9 Å². The van der Waals surface area contributed by atoms with Gasteiger partial charge in [-0.3, -0.25) is 9.78 Å². The van der Waals surface area contributed by atoms with E-state index in [-0.39, 0.29) is 12.5 Å². The highest BCUT2D eigenvalue weighted by Gasteiger charge is 2.09. The minimum atomic E-state index is -0.475. The van der Waals surface area contributed by atoms with Gasteiger partial charge in [-0.1, -0.05) is 6.07 Å². The number of rotatable bonds is 5. The number of ether oxygens (including phenoxy) is 1. The fourth-order valence-corrected chi connectivity index (χ4v) is 2.27. The molecule has 2 aromatic heterocycles. The van der Waals surface area contributed by atoms with E-state index in [1.807, 2.05) is 19.1 Å². The Morgan fingerprint density at radius 1 is 1.24 bits per heavy atom. The van der Waals surface area contributed by atoms with E-state index < -0.39 is 11.4 Å². The smallest absolute Gasteiger partial charge is 0.293 e. The van der Waals surface area contributed by atoms with Gasteiger partial charge >= 0.3 is 0 Å². The first kappa shape index (κ1) is 16.6. The Balaban J connectivity index is 1.96. The van der Waals surface area contributed by atoms with Crippen LogP contribution >= 0.6 is 0 Å². The summed E-state index contributed by atoms with van der Waals surface area (Å²) >= 11 is 0. The minimum Gasteiger partial charge on any atom is -0.497 e. The number of halogens is 1. The van der Waals surface area contributed by atoms with E-state index in [1.54, 1.807) is 13.2 Å². The lowest BCUT2D eigenvalue weighted by Gasteiger charge is -2.14. The van der Waals surface area contributed by atoms with Crippen LogP contribution in [-0.2, 0) is 6.54 Å². The van der Waals surface area contributed by atoms with Gasteiger partial charge in [-0.25, -0.2) is 9.07 Å². The lowest BCUT2D eigenvalue weighted by Crippen LogP contribution is -2.19. The summed E-state index contributed by atoms with van der Waals surface area (Å²) in [6, 6.07) is 6.87. The fourth-order valence-electron chi connectivity index (χ4n) is 2.27. The van der Waals surface area contributed by atoms with E-state index in [4.69, 9.17) is 4.74 Å². The first-order valence-electron chi connectivity index (χ1n) is 7.50. The van der Waals surface area contributed by atoms with Crippen LogP contribution in [0.4, 0.5) is 16.0 Å². The van der Waals surface area contributed by atoms with Gasteiger partial charge in [0.1, 0.15) is 17.8 Å². The van der Waals surface area contributed by atoms with Gasteiger partial charge in [-0.15, -0.1) is 0 Å². The number of hydrogen-bond acceptors (Lipinski definition) is 6. The summed E-state index contributed by atoms with van der Waals surface area (Å²) in [5, 5.41) is 7.16. The summed E-state index contributed by atoms with van der Waals surface area (Å²) in [5.74, 6) is 0.470. The van der Waals surface area contributed by atoms with Crippen molar-refractivity contribution >= 4 is 11.6 Å². The Kier molecular flexibility index (Phi) is 4.69. The molecule has 0 unspecified atom stereocenters.